The van der Waals surface area contributed by atoms with Gasteiger partial charge in [0.25, 0.3) is 0 Å². The van der Waals surface area contributed by atoms with Gasteiger partial charge < -0.3 is 4.74 Å². The van der Waals surface area contributed by atoms with Crippen LogP contribution in [0.2, 0.25) is 0 Å². The van der Waals surface area contributed by atoms with Crippen molar-refractivity contribution < 1.29 is 9.53 Å². The molecule has 0 unspecified atom stereocenters. The first-order chi connectivity index (χ1) is 7.15. The molecule has 0 aliphatic rings. The highest BCUT2D eigenvalue weighted by Crippen LogP contribution is 2.26. The predicted molar refractivity (Wildman–Crippen MR) is 57.5 cm³/mol. The lowest BCUT2D eigenvalue weighted by Gasteiger charge is -2.10. The Morgan fingerprint density at radius 3 is 2.73 bits per heavy atom. The minimum Gasteiger partial charge on any atom is -0.496 e. The molecule has 1 rings (SSSR count). The Balaban J connectivity index is 3.39. The van der Waals surface area contributed by atoms with Crippen LogP contribution in [-0.4, -0.2) is 18.8 Å². The van der Waals surface area contributed by atoms with Gasteiger partial charge in [-0.2, -0.15) is 5.26 Å². The van der Waals surface area contributed by atoms with Gasteiger partial charge >= 0.3 is 0 Å². The van der Waals surface area contributed by atoms with Crippen molar-refractivity contribution in [1.82, 2.24) is 0 Å². The Labute approximate surface area is 93.2 Å². The zero-order chi connectivity index (χ0) is 11.4. The fourth-order valence-corrected chi connectivity index (χ4v) is 1.51. The molecule has 0 aliphatic carbocycles. The molecule has 78 valence electrons. The predicted octanol–water partition coefficient (Wildman–Crippen LogP) is 2.30. The smallest absolute Gasteiger partial charge is 0.181 e. The van der Waals surface area contributed by atoms with Crippen molar-refractivity contribution in [3.05, 3.63) is 28.8 Å². The van der Waals surface area contributed by atoms with E-state index in [1.165, 1.54) is 7.11 Å². The summed E-state index contributed by atoms with van der Waals surface area (Å²) < 4.78 is 5.11. The fourth-order valence-electron chi connectivity index (χ4n) is 1.37. The first kappa shape index (κ1) is 11.5. The van der Waals surface area contributed by atoms with Gasteiger partial charge in [0, 0.05) is 5.56 Å². The average molecular weight is 224 g/mol. The van der Waals surface area contributed by atoms with Gasteiger partial charge in [-0.3, -0.25) is 4.79 Å². The Bertz CT molecular complexity index is 435. The van der Waals surface area contributed by atoms with Crippen LogP contribution in [0.3, 0.4) is 0 Å². The van der Waals surface area contributed by atoms with Crippen LogP contribution in [0, 0.1) is 18.3 Å². The summed E-state index contributed by atoms with van der Waals surface area (Å²) in [6, 6.07) is 5.19. The maximum absolute atomic E-state index is 11.5. The van der Waals surface area contributed by atoms with Crippen LogP contribution in [0.4, 0.5) is 0 Å². The number of Topliss-reactive ketones (excluding diaryl/α,β-unsaturated/α-hetero) is 1. The van der Waals surface area contributed by atoms with Crippen molar-refractivity contribution in [3.8, 4) is 11.8 Å². The number of hydrogen-bond acceptors (Lipinski definition) is 3. The van der Waals surface area contributed by atoms with E-state index in [0.29, 0.717) is 22.4 Å². The van der Waals surface area contributed by atoms with Gasteiger partial charge in [-0.25, -0.2) is 0 Å². The quantitative estimate of drug-likeness (QED) is 0.584. The second-order valence-electron chi connectivity index (χ2n) is 2.99. The third-order valence-electron chi connectivity index (χ3n) is 2.15. The minimum atomic E-state index is -0.207. The number of ether oxygens (including phenoxy) is 1. The van der Waals surface area contributed by atoms with Crippen LogP contribution >= 0.6 is 11.6 Å². The number of methoxy groups -OCH3 is 1. The third kappa shape index (κ3) is 2.11. The summed E-state index contributed by atoms with van der Waals surface area (Å²) in [5.41, 5.74) is 1.58. The second-order valence-corrected chi connectivity index (χ2v) is 3.25. The molecule has 0 fully saturated rings. The van der Waals surface area contributed by atoms with Crippen LogP contribution in [0.5, 0.6) is 5.75 Å². The van der Waals surface area contributed by atoms with Gasteiger partial charge in [0.15, 0.2) is 5.78 Å². The van der Waals surface area contributed by atoms with Gasteiger partial charge in [-0.05, 0) is 19.1 Å². The topological polar surface area (TPSA) is 50.1 Å². The van der Waals surface area contributed by atoms with Gasteiger partial charge in [0.05, 0.1) is 30.2 Å². The summed E-state index contributed by atoms with van der Waals surface area (Å²) in [5.74, 6) is 0.127. The summed E-state index contributed by atoms with van der Waals surface area (Å²) in [5, 5.41) is 8.81. The van der Waals surface area contributed by atoms with E-state index in [9.17, 15) is 4.79 Å². The largest absolute Gasteiger partial charge is 0.496 e. The van der Waals surface area contributed by atoms with E-state index >= 15 is 0 Å². The molecule has 0 saturated heterocycles. The van der Waals surface area contributed by atoms with E-state index in [0.717, 1.165) is 0 Å². The highest BCUT2D eigenvalue weighted by atomic mass is 35.5. The van der Waals surface area contributed by atoms with E-state index < -0.39 is 0 Å². The highest BCUT2D eigenvalue weighted by Gasteiger charge is 2.15. The van der Waals surface area contributed by atoms with Crippen LogP contribution in [0.25, 0.3) is 0 Å². The van der Waals surface area contributed by atoms with Crippen LogP contribution in [0.15, 0.2) is 12.1 Å². The molecule has 3 nitrogen and oxygen atoms in total. The molecule has 0 N–H and O–H groups in total. The lowest BCUT2D eigenvalue weighted by atomic mass is 10.0. The molecule has 0 aromatic heterocycles. The molecular weight excluding hydrogens is 214 g/mol. The molecule has 0 heterocycles. The number of ketones is 1. The number of rotatable bonds is 3. The maximum Gasteiger partial charge on any atom is 0.181 e. The molecule has 0 radical (unpaired) electrons. The summed E-state index contributed by atoms with van der Waals surface area (Å²) >= 11 is 5.47. The highest BCUT2D eigenvalue weighted by molar-refractivity contribution is 6.30. The number of nitrogens with zero attached hydrogens (tertiary/aromatic N) is 1. The van der Waals surface area contributed by atoms with E-state index in [4.69, 9.17) is 21.6 Å². The lowest BCUT2D eigenvalue weighted by Crippen LogP contribution is -2.05. The van der Waals surface area contributed by atoms with Crippen molar-refractivity contribution in [2.75, 3.05) is 13.0 Å². The Kier molecular flexibility index (Phi) is 3.70. The van der Waals surface area contributed by atoms with E-state index in [1.807, 2.05) is 6.07 Å². The van der Waals surface area contributed by atoms with Crippen molar-refractivity contribution in [1.29, 1.82) is 5.26 Å². The van der Waals surface area contributed by atoms with Crippen molar-refractivity contribution in [2.24, 2.45) is 0 Å². The van der Waals surface area contributed by atoms with Crippen LogP contribution < -0.4 is 4.74 Å². The number of halogens is 1. The van der Waals surface area contributed by atoms with Crippen molar-refractivity contribution in [3.63, 3.8) is 0 Å². The summed E-state index contributed by atoms with van der Waals surface area (Å²) in [7, 11) is 1.47. The van der Waals surface area contributed by atoms with Gasteiger partial charge in [0.1, 0.15) is 5.75 Å². The van der Waals surface area contributed by atoms with Gasteiger partial charge in [-0.15, -0.1) is 11.6 Å². The van der Waals surface area contributed by atoms with Crippen molar-refractivity contribution in [2.45, 2.75) is 6.92 Å². The monoisotopic (exact) mass is 223 g/mol. The number of nitriles is 1. The normalized spacial score (nSPS) is 9.47. The summed E-state index contributed by atoms with van der Waals surface area (Å²) in [6.07, 6.45) is 0. The molecular formula is C11H10ClNO2. The second kappa shape index (κ2) is 4.81. The van der Waals surface area contributed by atoms with Gasteiger partial charge in [-0.1, -0.05) is 0 Å². The summed E-state index contributed by atoms with van der Waals surface area (Å²) in [4.78, 5) is 11.5. The van der Waals surface area contributed by atoms with Gasteiger partial charge in [0.2, 0.25) is 0 Å². The van der Waals surface area contributed by atoms with Crippen LogP contribution in [-0.2, 0) is 0 Å². The first-order valence-corrected chi connectivity index (χ1v) is 4.86. The molecule has 1 aromatic carbocycles. The standard InChI is InChI=1S/C11H10ClNO2/c1-7-8(6-13)3-4-9(10(14)5-12)11(7)15-2/h3-4H,5H2,1-2H3. The minimum absolute atomic E-state index is 0.0955. The van der Waals surface area contributed by atoms with E-state index in [-0.39, 0.29) is 11.7 Å². The molecule has 0 amide bonds. The molecule has 0 spiro atoms. The zero-order valence-corrected chi connectivity index (χ0v) is 9.26. The number of alkyl halides is 1. The SMILES string of the molecule is COc1c(C(=O)CCl)ccc(C#N)c1C. The first-order valence-electron chi connectivity index (χ1n) is 4.32. The maximum atomic E-state index is 11.5. The fraction of sp³-hybridized carbons (Fsp3) is 0.273. The molecule has 15 heavy (non-hydrogen) atoms. The zero-order valence-electron chi connectivity index (χ0n) is 8.50. The molecule has 0 aliphatic heterocycles. The Hall–Kier alpha value is -1.53. The van der Waals surface area contributed by atoms with Crippen LogP contribution in [0.1, 0.15) is 21.5 Å². The average Bonchev–Trinajstić information content (AvgIpc) is 2.27. The third-order valence-corrected chi connectivity index (χ3v) is 2.39. The number of hydrogen-bond donors (Lipinski definition) is 0. The Morgan fingerprint density at radius 2 is 2.27 bits per heavy atom. The molecule has 0 saturated carbocycles. The Morgan fingerprint density at radius 1 is 1.60 bits per heavy atom. The summed E-state index contributed by atoms with van der Waals surface area (Å²) in [6.45, 7) is 1.74. The molecule has 0 atom stereocenters. The molecule has 4 heteroatoms. The number of carbonyl (C=O) groups excluding carboxylic acids is 1. The molecule has 1 aromatic rings. The number of benzene rings is 1. The molecule has 0 bridgehead atoms. The number of carbonyl (C=O) groups is 1. The lowest BCUT2D eigenvalue weighted by molar-refractivity contribution is 0.101. The van der Waals surface area contributed by atoms with E-state index in [2.05, 4.69) is 0 Å². The van der Waals surface area contributed by atoms with E-state index in [1.54, 1.807) is 19.1 Å². The van der Waals surface area contributed by atoms with Crippen molar-refractivity contribution >= 4 is 17.4 Å².